The van der Waals surface area contributed by atoms with Gasteiger partial charge in [0.1, 0.15) is 5.78 Å². The molecule has 5 heteroatoms. The van der Waals surface area contributed by atoms with Crippen molar-refractivity contribution in [1.82, 2.24) is 10.6 Å². The van der Waals surface area contributed by atoms with Gasteiger partial charge in [0.25, 0.3) is 0 Å². The molecule has 0 aromatic rings. The minimum atomic E-state index is -0.0135. The van der Waals surface area contributed by atoms with E-state index in [0.29, 0.717) is 29.0 Å². The third kappa shape index (κ3) is 16.5. The molecule has 5 saturated carbocycles. The SMILES string of the molecule is C.C#C.C#CC.CC#CC.CC1CC2(CCCCCC3(CCCCC4(CCCCC2)CC(C)C4)CCC3)C1.O=C1NC2CS[C@H](CCCCC(=O)C3CCC3)C2N1. The summed E-state index contributed by atoms with van der Waals surface area (Å²) in [6, 6.07) is 0.611. The van der Waals surface area contributed by atoms with Crippen molar-refractivity contribution in [2.24, 2.45) is 34.0 Å². The van der Waals surface area contributed by atoms with Crippen molar-refractivity contribution in [2.45, 2.75) is 239 Å². The van der Waals surface area contributed by atoms with E-state index >= 15 is 0 Å². The van der Waals surface area contributed by atoms with Gasteiger partial charge in [-0.3, -0.25) is 4.79 Å². The van der Waals surface area contributed by atoms with Gasteiger partial charge in [-0.05, 0) is 152 Å². The van der Waals surface area contributed by atoms with Crippen LogP contribution in [0, 0.1) is 71.0 Å². The number of Topliss-reactive ketones (excluding diaryl/α,β-unsaturated/α-hetero) is 1. The lowest BCUT2D eigenvalue weighted by atomic mass is 9.57. The van der Waals surface area contributed by atoms with Gasteiger partial charge in [-0.1, -0.05) is 91.9 Å². The van der Waals surface area contributed by atoms with E-state index in [9.17, 15) is 9.59 Å². The van der Waals surface area contributed by atoms with E-state index in [1.165, 1.54) is 64.2 Å². The molecule has 0 aromatic carbocycles. The number of carbonyl (C=O) groups is 2. The fraction of sp³-hybridized carbons (Fsp3) is 0.846. The second-order valence-corrected chi connectivity index (χ2v) is 20.7. The number of thioether (sulfide) groups is 1. The highest BCUT2D eigenvalue weighted by molar-refractivity contribution is 8.00. The zero-order valence-corrected chi connectivity index (χ0v) is 37.7. The Morgan fingerprint density at radius 3 is 1.51 bits per heavy atom. The Hall–Kier alpha value is -2.03. The van der Waals surface area contributed by atoms with Crippen LogP contribution in [0.1, 0.15) is 222 Å². The highest BCUT2D eigenvalue weighted by Gasteiger charge is 2.44. The summed E-state index contributed by atoms with van der Waals surface area (Å²) in [4.78, 5) is 23.0. The standard InChI is InChI=1S/C28H50.C14H22N2O2S.C4H6.C3H4.C2H2.CH4/c1-24-20-27(21-24)14-6-3-5-12-26(18-11-19-26)13-9-10-17-28(22-25(2)23-28)16-8-4-7-15-27;17-11(9-4-3-5-9)6-1-2-7-12-13-10(8-19-12)15-14(18)16-13;1-3-4-2;1-3-2;1-2;/h24-25H,3-23H2,1-2H3;9-10,12-13H,1-8H2,(H2,15,16,18);1-2H3;1H,2H3;1-2H;1H4/t;10?,12-,13?;;;;/m.1..../s1. The van der Waals surface area contributed by atoms with Gasteiger partial charge >= 0.3 is 6.03 Å². The Morgan fingerprint density at radius 2 is 1.12 bits per heavy atom. The van der Waals surface area contributed by atoms with Gasteiger partial charge in [0, 0.05) is 23.3 Å². The predicted octanol–water partition coefficient (Wildman–Crippen LogP) is 14.1. The molecule has 3 spiro atoms. The molecule has 2 heterocycles. The average molecular weight is 805 g/mol. The van der Waals surface area contributed by atoms with Crippen LogP contribution in [-0.4, -0.2) is 34.9 Å². The number of nitrogens with one attached hydrogen (secondary N) is 2. The second-order valence-electron chi connectivity index (χ2n) is 19.5. The van der Waals surface area contributed by atoms with Crippen LogP contribution in [0.5, 0.6) is 0 Å². The summed E-state index contributed by atoms with van der Waals surface area (Å²) in [5.41, 5.74) is 2.36. The van der Waals surface area contributed by atoms with Gasteiger partial charge in [0.2, 0.25) is 0 Å². The quantitative estimate of drug-likeness (QED) is 0.160. The molecule has 3 atom stereocenters. The molecule has 2 amide bonds. The Balaban J connectivity index is 0.000000335. The van der Waals surface area contributed by atoms with Gasteiger partial charge < -0.3 is 10.6 Å². The summed E-state index contributed by atoms with van der Waals surface area (Å²) in [6.07, 6.45) is 52.6. The first-order valence-electron chi connectivity index (χ1n) is 23.4. The number of hydrogen-bond donors (Lipinski definition) is 2. The summed E-state index contributed by atoms with van der Waals surface area (Å²) >= 11 is 1.96. The normalized spacial score (nSPS) is 32.7. The minimum absolute atomic E-state index is 0. The van der Waals surface area contributed by atoms with Crippen molar-refractivity contribution in [1.29, 1.82) is 0 Å². The van der Waals surface area contributed by atoms with Crippen LogP contribution < -0.4 is 10.6 Å². The van der Waals surface area contributed by atoms with E-state index in [-0.39, 0.29) is 13.5 Å². The van der Waals surface area contributed by atoms with Crippen LogP contribution in [-0.2, 0) is 4.79 Å². The van der Waals surface area contributed by atoms with Crippen LogP contribution in [0.2, 0.25) is 0 Å². The molecule has 2 aliphatic heterocycles. The second kappa shape index (κ2) is 26.9. The largest absolute Gasteiger partial charge is 0.332 e. The Morgan fingerprint density at radius 1 is 0.684 bits per heavy atom. The fourth-order valence-electron chi connectivity index (χ4n) is 11.8. The maximum Gasteiger partial charge on any atom is 0.315 e. The van der Waals surface area contributed by atoms with Crippen LogP contribution in [0.25, 0.3) is 0 Å². The van der Waals surface area contributed by atoms with Crippen molar-refractivity contribution in [3.63, 3.8) is 0 Å². The number of fused-ring (bicyclic) bond motifs is 1. The fourth-order valence-corrected chi connectivity index (χ4v) is 13.3. The van der Waals surface area contributed by atoms with Crippen LogP contribution >= 0.6 is 11.8 Å². The Bertz CT molecular complexity index is 1260. The van der Waals surface area contributed by atoms with Gasteiger partial charge in [-0.15, -0.1) is 37.0 Å². The highest BCUT2D eigenvalue weighted by Crippen LogP contribution is 2.55. The summed E-state index contributed by atoms with van der Waals surface area (Å²) in [7, 11) is 0. The summed E-state index contributed by atoms with van der Waals surface area (Å²) in [6.45, 7) is 10.3. The maximum atomic E-state index is 11.8. The molecular weight excluding hydrogens is 717 g/mol. The molecule has 324 valence electrons. The lowest BCUT2D eigenvalue weighted by molar-refractivity contribution is -0.125. The molecule has 57 heavy (non-hydrogen) atoms. The molecule has 5 aliphatic carbocycles. The Kier molecular flexibility index (Phi) is 24.2. The van der Waals surface area contributed by atoms with E-state index in [4.69, 9.17) is 0 Å². The maximum absolute atomic E-state index is 11.8. The number of hydrogen-bond acceptors (Lipinski definition) is 3. The van der Waals surface area contributed by atoms with E-state index in [2.05, 4.69) is 61.5 Å². The Labute approximate surface area is 358 Å². The first kappa shape index (κ1) is 51.1. The zero-order chi connectivity index (χ0) is 40.9. The molecular formula is C52H88N2O2S. The minimum Gasteiger partial charge on any atom is -0.332 e. The van der Waals surface area contributed by atoms with E-state index in [1.807, 2.05) is 25.6 Å². The molecule has 0 bridgehead atoms. The van der Waals surface area contributed by atoms with E-state index in [1.54, 1.807) is 84.0 Å². The number of amides is 2. The van der Waals surface area contributed by atoms with Gasteiger partial charge in [0.05, 0.1) is 12.1 Å². The zero-order valence-electron chi connectivity index (χ0n) is 36.9. The first-order chi connectivity index (χ1) is 27.1. The molecule has 7 rings (SSSR count). The molecule has 2 saturated heterocycles. The smallest absolute Gasteiger partial charge is 0.315 e. The van der Waals surface area contributed by atoms with Crippen molar-refractivity contribution >= 4 is 23.6 Å². The number of ketones is 1. The first-order valence-corrected chi connectivity index (χ1v) is 24.4. The number of rotatable bonds is 6. The highest BCUT2D eigenvalue weighted by atomic mass is 32.2. The van der Waals surface area contributed by atoms with Crippen molar-refractivity contribution < 1.29 is 9.59 Å². The van der Waals surface area contributed by atoms with Gasteiger partial charge in [-0.2, -0.15) is 11.8 Å². The number of terminal acetylenes is 2. The third-order valence-electron chi connectivity index (χ3n) is 14.9. The number of urea groups is 1. The molecule has 7 fully saturated rings. The van der Waals surface area contributed by atoms with Crippen molar-refractivity contribution in [2.75, 3.05) is 5.75 Å². The predicted molar refractivity (Wildman–Crippen MR) is 249 cm³/mol. The monoisotopic (exact) mass is 805 g/mol. The summed E-state index contributed by atoms with van der Waals surface area (Å²) in [5, 5.41) is 6.50. The average Bonchev–Trinajstić information content (AvgIpc) is 3.68. The lowest BCUT2D eigenvalue weighted by Crippen LogP contribution is -2.36. The molecule has 4 nitrogen and oxygen atoms in total. The molecule has 0 aromatic heterocycles. The van der Waals surface area contributed by atoms with Crippen molar-refractivity contribution in [3.8, 4) is 37.0 Å². The topological polar surface area (TPSA) is 58.2 Å². The van der Waals surface area contributed by atoms with Gasteiger partial charge in [-0.25, -0.2) is 4.79 Å². The molecule has 7 aliphatic rings. The van der Waals surface area contributed by atoms with Crippen LogP contribution in [0.3, 0.4) is 0 Å². The third-order valence-corrected chi connectivity index (χ3v) is 16.5. The summed E-state index contributed by atoms with van der Waals surface area (Å²) in [5.74, 6) is 11.6. The van der Waals surface area contributed by atoms with Crippen LogP contribution in [0.15, 0.2) is 0 Å². The molecule has 2 unspecified atom stereocenters. The van der Waals surface area contributed by atoms with E-state index < -0.39 is 0 Å². The van der Waals surface area contributed by atoms with E-state index in [0.717, 1.165) is 72.4 Å². The van der Waals surface area contributed by atoms with Crippen molar-refractivity contribution in [3.05, 3.63) is 0 Å². The van der Waals surface area contributed by atoms with Gasteiger partial charge in [0.15, 0.2) is 0 Å². The molecule has 0 radical (unpaired) electrons. The lowest BCUT2D eigenvalue weighted by Gasteiger charge is -2.48. The molecule has 2 N–H and O–H groups in total. The number of unbranched alkanes of at least 4 members (excludes halogenated alkanes) is 1. The summed E-state index contributed by atoms with van der Waals surface area (Å²) < 4.78 is 0. The number of carbonyl (C=O) groups excluding carboxylic acids is 2. The van der Waals surface area contributed by atoms with Crippen LogP contribution in [0.4, 0.5) is 4.79 Å².